The average molecular weight is 312 g/mol. The van der Waals surface area contributed by atoms with Gasteiger partial charge in [0.2, 0.25) is 0 Å². The highest BCUT2D eigenvalue weighted by atomic mass is 16.5. The van der Waals surface area contributed by atoms with E-state index in [1.807, 2.05) is 6.07 Å². The molecule has 0 saturated heterocycles. The first-order chi connectivity index (χ1) is 11.1. The summed E-state index contributed by atoms with van der Waals surface area (Å²) < 4.78 is 10.7. The van der Waals surface area contributed by atoms with E-state index < -0.39 is 0 Å². The van der Waals surface area contributed by atoms with E-state index in [1.54, 1.807) is 48.7 Å². The molecule has 0 aliphatic rings. The first-order valence-corrected chi connectivity index (χ1v) is 7.41. The van der Waals surface area contributed by atoms with E-state index in [-0.39, 0.29) is 5.91 Å². The molecule has 0 aliphatic carbocycles. The molecule has 5 heteroatoms. The lowest BCUT2D eigenvalue weighted by molar-refractivity contribution is 0.0955. The molecule has 1 aromatic heterocycles. The van der Waals surface area contributed by atoms with Crippen LogP contribution in [-0.2, 0) is 0 Å². The number of nitrogens with zero attached hydrogens (tertiary/aromatic N) is 1. The Hall–Kier alpha value is -2.82. The van der Waals surface area contributed by atoms with Crippen molar-refractivity contribution in [1.82, 2.24) is 5.43 Å². The van der Waals surface area contributed by atoms with E-state index >= 15 is 0 Å². The minimum Gasteiger partial charge on any atom is -0.493 e. The average Bonchev–Trinajstić information content (AvgIpc) is 3.06. The minimum absolute atomic E-state index is 0.275. The van der Waals surface area contributed by atoms with Gasteiger partial charge in [-0.3, -0.25) is 4.79 Å². The second-order valence-corrected chi connectivity index (χ2v) is 5.32. The smallest absolute Gasteiger partial charge is 0.271 e. The van der Waals surface area contributed by atoms with Crippen LogP contribution in [0, 0.1) is 5.92 Å². The molecular weight excluding hydrogens is 292 g/mol. The minimum atomic E-state index is -0.275. The summed E-state index contributed by atoms with van der Waals surface area (Å²) in [6, 6.07) is 10.6. The van der Waals surface area contributed by atoms with Gasteiger partial charge in [0.05, 0.1) is 12.9 Å². The second kappa shape index (κ2) is 8.58. The Kier molecular flexibility index (Phi) is 6.17. The fourth-order valence-corrected chi connectivity index (χ4v) is 1.69. The van der Waals surface area contributed by atoms with E-state index in [0.29, 0.717) is 18.1 Å². The number of allylic oxidation sites excluding steroid dienone is 1. The fraction of sp³-hybridized carbons (Fsp3) is 0.222. The van der Waals surface area contributed by atoms with E-state index in [1.165, 1.54) is 6.21 Å². The van der Waals surface area contributed by atoms with Gasteiger partial charge in [0.15, 0.2) is 0 Å². The van der Waals surface area contributed by atoms with Crippen LogP contribution >= 0.6 is 0 Å². The Balaban J connectivity index is 1.81. The van der Waals surface area contributed by atoms with Crippen LogP contribution in [0.2, 0.25) is 0 Å². The Bertz CT molecular complexity index is 656. The highest BCUT2D eigenvalue weighted by Gasteiger charge is 2.04. The molecular formula is C18H20N2O3. The zero-order valence-electron chi connectivity index (χ0n) is 13.2. The van der Waals surface area contributed by atoms with Crippen molar-refractivity contribution in [3.05, 3.63) is 60.1 Å². The van der Waals surface area contributed by atoms with Crippen molar-refractivity contribution in [2.45, 2.75) is 13.8 Å². The monoisotopic (exact) mass is 312 g/mol. The number of hydrogen-bond donors (Lipinski definition) is 1. The molecule has 2 rings (SSSR count). The molecule has 0 unspecified atom stereocenters. The van der Waals surface area contributed by atoms with E-state index in [9.17, 15) is 4.79 Å². The van der Waals surface area contributed by atoms with Crippen molar-refractivity contribution >= 4 is 18.2 Å². The standard InChI is InChI=1S/C18H20N2O3/c1-14(2)13-23-17-9-7-15(8-10-17)18(21)20-19-11-3-5-16-6-4-12-22-16/h3-12,14H,13H2,1-2H3,(H,20,21). The first kappa shape index (κ1) is 16.5. The number of hydrogen-bond acceptors (Lipinski definition) is 4. The number of amides is 1. The van der Waals surface area contributed by atoms with Crippen LogP contribution in [0.1, 0.15) is 30.0 Å². The highest BCUT2D eigenvalue weighted by Crippen LogP contribution is 2.13. The Morgan fingerprint density at radius 2 is 2.09 bits per heavy atom. The van der Waals surface area contributed by atoms with Crippen LogP contribution in [0.3, 0.4) is 0 Å². The second-order valence-electron chi connectivity index (χ2n) is 5.32. The maximum absolute atomic E-state index is 11.9. The van der Waals surface area contributed by atoms with Crippen LogP contribution in [0.25, 0.3) is 6.08 Å². The summed E-state index contributed by atoms with van der Waals surface area (Å²) in [7, 11) is 0. The Morgan fingerprint density at radius 1 is 1.30 bits per heavy atom. The Morgan fingerprint density at radius 3 is 2.74 bits per heavy atom. The number of carbonyl (C=O) groups excluding carboxylic acids is 1. The van der Waals surface area contributed by atoms with Gasteiger partial charge in [-0.15, -0.1) is 0 Å². The molecule has 5 nitrogen and oxygen atoms in total. The van der Waals surface area contributed by atoms with Crippen molar-refractivity contribution in [1.29, 1.82) is 0 Å². The summed E-state index contributed by atoms with van der Waals surface area (Å²) in [5.41, 5.74) is 2.98. The van der Waals surface area contributed by atoms with Crippen LogP contribution < -0.4 is 10.2 Å². The molecule has 1 N–H and O–H groups in total. The third kappa shape index (κ3) is 5.82. The molecule has 1 heterocycles. The molecule has 0 radical (unpaired) electrons. The summed E-state index contributed by atoms with van der Waals surface area (Å²) in [6.45, 7) is 4.82. The van der Waals surface area contributed by atoms with E-state index in [4.69, 9.17) is 9.15 Å². The molecule has 0 atom stereocenters. The van der Waals surface area contributed by atoms with E-state index in [2.05, 4.69) is 24.4 Å². The molecule has 0 bridgehead atoms. The predicted octanol–water partition coefficient (Wildman–Crippen LogP) is 3.74. The zero-order valence-corrected chi connectivity index (χ0v) is 13.2. The molecule has 0 aliphatic heterocycles. The van der Waals surface area contributed by atoms with Gasteiger partial charge >= 0.3 is 0 Å². The zero-order chi connectivity index (χ0) is 16.5. The third-order valence-electron chi connectivity index (χ3n) is 2.83. The molecule has 1 aromatic carbocycles. The number of benzene rings is 1. The topological polar surface area (TPSA) is 63.8 Å². The van der Waals surface area contributed by atoms with Crippen molar-refractivity contribution in [2.24, 2.45) is 11.0 Å². The number of hydrazone groups is 1. The Labute approximate surface area is 135 Å². The molecule has 120 valence electrons. The summed E-state index contributed by atoms with van der Waals surface area (Å²) in [5.74, 6) is 1.66. The molecule has 2 aromatic rings. The van der Waals surface area contributed by atoms with Gasteiger partial charge in [-0.25, -0.2) is 5.43 Å². The molecule has 0 spiro atoms. The van der Waals surface area contributed by atoms with Gasteiger partial charge in [0, 0.05) is 11.8 Å². The van der Waals surface area contributed by atoms with Crippen molar-refractivity contribution in [3.63, 3.8) is 0 Å². The number of nitrogens with one attached hydrogen (secondary N) is 1. The summed E-state index contributed by atoms with van der Waals surface area (Å²) in [6.07, 6.45) is 6.51. The van der Waals surface area contributed by atoms with Gasteiger partial charge in [-0.1, -0.05) is 13.8 Å². The predicted molar refractivity (Wildman–Crippen MR) is 90.5 cm³/mol. The number of ether oxygens (including phenoxy) is 1. The SMILES string of the molecule is CC(C)COc1ccc(C(=O)NN=CC=Cc2ccco2)cc1. The normalized spacial score (nSPS) is 11.4. The van der Waals surface area contributed by atoms with Crippen molar-refractivity contribution in [2.75, 3.05) is 6.61 Å². The first-order valence-electron chi connectivity index (χ1n) is 7.41. The summed E-state index contributed by atoms with van der Waals surface area (Å²) in [5, 5.41) is 3.84. The lowest BCUT2D eigenvalue weighted by Gasteiger charge is -2.08. The molecule has 1 amide bonds. The summed E-state index contributed by atoms with van der Waals surface area (Å²) >= 11 is 0. The number of rotatable bonds is 7. The number of carbonyl (C=O) groups is 1. The molecule has 23 heavy (non-hydrogen) atoms. The molecule has 0 saturated carbocycles. The van der Waals surface area contributed by atoms with Gasteiger partial charge in [-0.05, 0) is 54.5 Å². The third-order valence-corrected chi connectivity index (χ3v) is 2.83. The molecule has 0 fully saturated rings. The number of furan rings is 1. The quantitative estimate of drug-likeness (QED) is 0.625. The van der Waals surface area contributed by atoms with Crippen molar-refractivity contribution < 1.29 is 13.9 Å². The van der Waals surface area contributed by atoms with Gasteiger partial charge in [0.1, 0.15) is 11.5 Å². The van der Waals surface area contributed by atoms with Gasteiger partial charge in [-0.2, -0.15) is 5.10 Å². The lowest BCUT2D eigenvalue weighted by atomic mass is 10.2. The van der Waals surface area contributed by atoms with Crippen LogP contribution in [0.4, 0.5) is 0 Å². The highest BCUT2D eigenvalue weighted by molar-refractivity contribution is 5.94. The van der Waals surface area contributed by atoms with Crippen molar-refractivity contribution in [3.8, 4) is 5.75 Å². The van der Waals surface area contributed by atoms with E-state index in [0.717, 1.165) is 11.5 Å². The summed E-state index contributed by atoms with van der Waals surface area (Å²) in [4.78, 5) is 11.9. The van der Waals surface area contributed by atoms with Gasteiger partial charge in [0.25, 0.3) is 5.91 Å². The fourth-order valence-electron chi connectivity index (χ4n) is 1.69. The largest absolute Gasteiger partial charge is 0.493 e. The van der Waals surface area contributed by atoms with Gasteiger partial charge < -0.3 is 9.15 Å². The van der Waals surface area contributed by atoms with Crippen LogP contribution in [-0.4, -0.2) is 18.7 Å². The van der Waals surface area contributed by atoms with Crippen LogP contribution in [0.15, 0.2) is 58.3 Å². The maximum atomic E-state index is 11.9. The lowest BCUT2D eigenvalue weighted by Crippen LogP contribution is -2.17. The maximum Gasteiger partial charge on any atom is 0.271 e. The van der Waals surface area contributed by atoms with Crippen LogP contribution in [0.5, 0.6) is 5.75 Å².